The fourth-order valence-electron chi connectivity index (χ4n) is 3.09. The maximum absolute atomic E-state index is 13.0. The van der Waals surface area contributed by atoms with Gasteiger partial charge < -0.3 is 10.2 Å². The number of anilines is 1. The minimum absolute atomic E-state index is 0.0322. The molecule has 2 aromatic rings. The number of hydrazine groups is 1. The van der Waals surface area contributed by atoms with Crippen molar-refractivity contribution < 1.29 is 19.8 Å². The third-order valence-corrected chi connectivity index (χ3v) is 5.53. The van der Waals surface area contributed by atoms with E-state index < -0.39 is 0 Å². The van der Waals surface area contributed by atoms with E-state index >= 15 is 0 Å². The molecule has 2 atom stereocenters. The van der Waals surface area contributed by atoms with Crippen molar-refractivity contribution >= 4 is 34.3 Å². The zero-order valence-electron chi connectivity index (χ0n) is 14.7. The highest BCUT2D eigenvalue weighted by molar-refractivity contribution is 8.14. The number of fused-ring (bicyclic) bond motifs is 1. The maximum atomic E-state index is 13.0. The number of phenols is 2. The van der Waals surface area contributed by atoms with Gasteiger partial charge in [-0.15, -0.1) is 0 Å². The lowest BCUT2D eigenvalue weighted by Gasteiger charge is -2.32. The van der Waals surface area contributed by atoms with Crippen molar-refractivity contribution in [3.05, 3.63) is 54.1 Å². The standard InChI is InChI=1S/C19H18N4O4S/c24-14-7-6-11(8-15(14)25)16(26)10-28-19-21-17-13(9-20-22-17)18(27)23(19)12-4-2-1-3-5-12/h1-8,13,17,20,22,24-25H,9-10H2. The van der Waals surface area contributed by atoms with E-state index in [0.717, 1.165) is 11.8 Å². The molecule has 144 valence electrons. The minimum atomic E-state index is -0.372. The number of carbonyl (C=O) groups excluding carboxylic acids is 2. The van der Waals surface area contributed by atoms with Crippen LogP contribution in [0.15, 0.2) is 53.5 Å². The molecule has 0 aromatic heterocycles. The van der Waals surface area contributed by atoms with E-state index in [0.29, 0.717) is 17.4 Å². The quantitative estimate of drug-likeness (QED) is 0.455. The monoisotopic (exact) mass is 398 g/mol. The first-order chi connectivity index (χ1) is 13.5. The van der Waals surface area contributed by atoms with E-state index in [9.17, 15) is 19.8 Å². The lowest BCUT2D eigenvalue weighted by Crippen LogP contribution is -2.49. The van der Waals surface area contributed by atoms with Crippen molar-refractivity contribution in [3.8, 4) is 11.5 Å². The number of para-hydroxylation sites is 1. The molecule has 8 nitrogen and oxygen atoms in total. The Bertz CT molecular complexity index is 950. The third-order valence-electron chi connectivity index (χ3n) is 4.58. The van der Waals surface area contributed by atoms with Crippen molar-refractivity contribution in [1.82, 2.24) is 10.9 Å². The fourth-order valence-corrected chi connectivity index (χ4v) is 4.03. The first-order valence-electron chi connectivity index (χ1n) is 8.68. The largest absolute Gasteiger partial charge is 0.504 e. The number of benzene rings is 2. The molecule has 0 radical (unpaired) electrons. The molecule has 28 heavy (non-hydrogen) atoms. The van der Waals surface area contributed by atoms with E-state index in [2.05, 4.69) is 15.8 Å². The van der Waals surface area contributed by atoms with Gasteiger partial charge in [0.15, 0.2) is 22.4 Å². The summed E-state index contributed by atoms with van der Waals surface area (Å²) >= 11 is 1.16. The van der Waals surface area contributed by atoms with Crippen LogP contribution in [-0.2, 0) is 4.79 Å². The lowest BCUT2D eigenvalue weighted by molar-refractivity contribution is -0.121. The second-order valence-electron chi connectivity index (χ2n) is 6.41. The number of aliphatic imine (C=N–C) groups is 1. The molecule has 2 aromatic carbocycles. The van der Waals surface area contributed by atoms with Crippen LogP contribution < -0.4 is 15.8 Å². The summed E-state index contributed by atoms with van der Waals surface area (Å²) in [5, 5.41) is 19.4. The van der Waals surface area contributed by atoms with Crippen LogP contribution >= 0.6 is 11.8 Å². The van der Waals surface area contributed by atoms with Crippen molar-refractivity contribution in [2.24, 2.45) is 10.9 Å². The first kappa shape index (κ1) is 18.5. The van der Waals surface area contributed by atoms with Gasteiger partial charge in [0.1, 0.15) is 6.17 Å². The summed E-state index contributed by atoms with van der Waals surface area (Å²) in [5.74, 6) is -1.24. The van der Waals surface area contributed by atoms with Gasteiger partial charge in [-0.25, -0.2) is 10.4 Å². The molecule has 9 heteroatoms. The number of nitrogens with zero attached hydrogens (tertiary/aromatic N) is 2. The van der Waals surface area contributed by atoms with Crippen LogP contribution in [-0.4, -0.2) is 45.5 Å². The Balaban J connectivity index is 1.57. The molecule has 0 aliphatic carbocycles. The molecule has 2 heterocycles. The Labute approximate surface area is 165 Å². The van der Waals surface area contributed by atoms with Gasteiger partial charge >= 0.3 is 0 Å². The number of ketones is 1. The Morgan fingerprint density at radius 1 is 1.18 bits per heavy atom. The van der Waals surface area contributed by atoms with Gasteiger partial charge in [-0.05, 0) is 30.3 Å². The third kappa shape index (κ3) is 3.47. The van der Waals surface area contributed by atoms with Crippen molar-refractivity contribution in [1.29, 1.82) is 0 Å². The van der Waals surface area contributed by atoms with Gasteiger partial charge in [0.05, 0.1) is 17.4 Å². The zero-order chi connectivity index (χ0) is 19.7. The molecule has 0 saturated carbocycles. The number of rotatable bonds is 4. The van der Waals surface area contributed by atoms with E-state index in [-0.39, 0.29) is 46.6 Å². The number of amides is 1. The van der Waals surface area contributed by atoms with Gasteiger partial charge in [0, 0.05) is 12.1 Å². The number of hydrogen-bond acceptors (Lipinski definition) is 8. The Morgan fingerprint density at radius 3 is 2.71 bits per heavy atom. The predicted octanol–water partition coefficient (Wildman–Crippen LogP) is 1.47. The SMILES string of the molecule is O=C(CSC1=NC2NNCC2C(=O)N1c1ccccc1)c1ccc(O)c(O)c1. The molecular weight excluding hydrogens is 380 g/mol. The highest BCUT2D eigenvalue weighted by Crippen LogP contribution is 2.30. The van der Waals surface area contributed by atoms with Crippen LogP contribution in [0.3, 0.4) is 0 Å². The number of nitrogens with one attached hydrogen (secondary N) is 2. The Kier molecular flexibility index (Phi) is 5.03. The molecular formula is C19H18N4O4S. The van der Waals surface area contributed by atoms with E-state index in [1.54, 1.807) is 4.90 Å². The van der Waals surface area contributed by atoms with Crippen molar-refractivity contribution in [2.75, 3.05) is 17.2 Å². The zero-order valence-corrected chi connectivity index (χ0v) is 15.5. The summed E-state index contributed by atoms with van der Waals surface area (Å²) in [6.45, 7) is 0.486. The Hall–Kier alpha value is -2.88. The average molecular weight is 398 g/mol. The summed E-state index contributed by atoms with van der Waals surface area (Å²) in [7, 11) is 0. The average Bonchev–Trinajstić information content (AvgIpc) is 3.18. The predicted molar refractivity (Wildman–Crippen MR) is 106 cm³/mol. The molecule has 2 unspecified atom stereocenters. The highest BCUT2D eigenvalue weighted by Gasteiger charge is 2.42. The van der Waals surface area contributed by atoms with Crippen LogP contribution in [0.25, 0.3) is 0 Å². The number of thioether (sulfide) groups is 1. The summed E-state index contributed by atoms with van der Waals surface area (Å²) in [6, 6.07) is 13.1. The fraction of sp³-hybridized carbons (Fsp3) is 0.211. The number of Topliss-reactive ketones (excluding diaryl/α,β-unsaturated/α-hetero) is 1. The van der Waals surface area contributed by atoms with Crippen LogP contribution in [0.5, 0.6) is 11.5 Å². The summed E-state index contributed by atoms with van der Waals surface area (Å²) in [4.78, 5) is 31.7. The lowest BCUT2D eigenvalue weighted by atomic mass is 10.0. The van der Waals surface area contributed by atoms with Crippen LogP contribution in [0.2, 0.25) is 0 Å². The van der Waals surface area contributed by atoms with E-state index in [4.69, 9.17) is 0 Å². The van der Waals surface area contributed by atoms with E-state index in [1.165, 1.54) is 18.2 Å². The number of carbonyl (C=O) groups is 2. The normalized spacial score (nSPS) is 21.4. The molecule has 4 N–H and O–H groups in total. The highest BCUT2D eigenvalue weighted by atomic mass is 32.2. The van der Waals surface area contributed by atoms with Crippen molar-refractivity contribution in [3.63, 3.8) is 0 Å². The van der Waals surface area contributed by atoms with Crippen molar-refractivity contribution in [2.45, 2.75) is 6.17 Å². The molecule has 0 spiro atoms. The van der Waals surface area contributed by atoms with Gasteiger partial charge in [0.2, 0.25) is 5.91 Å². The number of amidine groups is 1. The molecule has 0 bridgehead atoms. The van der Waals surface area contributed by atoms with Crippen LogP contribution in [0, 0.1) is 5.92 Å². The second-order valence-corrected chi connectivity index (χ2v) is 7.36. The summed E-state index contributed by atoms with van der Waals surface area (Å²) in [5.41, 5.74) is 6.90. The summed E-state index contributed by atoms with van der Waals surface area (Å²) in [6.07, 6.45) is -0.372. The van der Waals surface area contributed by atoms with Gasteiger partial charge in [0.25, 0.3) is 0 Å². The molecule has 2 aliphatic heterocycles. The van der Waals surface area contributed by atoms with Crippen LogP contribution in [0.4, 0.5) is 5.69 Å². The van der Waals surface area contributed by atoms with Crippen LogP contribution in [0.1, 0.15) is 10.4 Å². The molecule has 2 aliphatic rings. The number of hydrogen-bond donors (Lipinski definition) is 4. The molecule has 1 fully saturated rings. The molecule has 1 amide bonds. The van der Waals surface area contributed by atoms with Gasteiger partial charge in [-0.1, -0.05) is 30.0 Å². The molecule has 4 rings (SSSR count). The van der Waals surface area contributed by atoms with Gasteiger partial charge in [-0.3, -0.25) is 19.9 Å². The first-order valence-corrected chi connectivity index (χ1v) is 9.66. The maximum Gasteiger partial charge on any atom is 0.241 e. The number of phenolic OH excluding ortho intramolecular Hbond substituents is 2. The van der Waals surface area contributed by atoms with Gasteiger partial charge in [-0.2, -0.15) is 0 Å². The second kappa shape index (κ2) is 7.63. The summed E-state index contributed by atoms with van der Waals surface area (Å²) < 4.78 is 0. The Morgan fingerprint density at radius 2 is 1.96 bits per heavy atom. The minimum Gasteiger partial charge on any atom is -0.504 e. The molecule has 1 saturated heterocycles. The number of aromatic hydroxyl groups is 2. The smallest absolute Gasteiger partial charge is 0.241 e. The van der Waals surface area contributed by atoms with E-state index in [1.807, 2.05) is 30.3 Å². The topological polar surface area (TPSA) is 114 Å².